The van der Waals surface area contributed by atoms with Gasteiger partial charge in [-0.05, 0) is 38.0 Å². The molecule has 5 heteroatoms. The molecule has 1 aromatic carbocycles. The molecule has 3 nitrogen and oxygen atoms in total. The van der Waals surface area contributed by atoms with Gasteiger partial charge < -0.3 is 5.73 Å². The number of hydrogen-bond donors (Lipinski definition) is 1. The van der Waals surface area contributed by atoms with E-state index in [4.69, 9.17) is 17.3 Å². The molecular weight excluding hydrogens is 265 g/mol. The van der Waals surface area contributed by atoms with Gasteiger partial charge in [0.1, 0.15) is 5.82 Å². The number of aromatic nitrogens is 2. The molecule has 1 unspecified atom stereocenters. The van der Waals surface area contributed by atoms with Gasteiger partial charge in [0, 0.05) is 29.4 Å². The molecule has 0 aliphatic rings. The Morgan fingerprint density at radius 2 is 2.11 bits per heavy atom. The maximum Gasteiger partial charge on any atom is 0.127 e. The zero-order valence-electron chi connectivity index (χ0n) is 11.2. The molecule has 1 atom stereocenters. The van der Waals surface area contributed by atoms with Gasteiger partial charge in [-0.3, -0.25) is 4.68 Å². The number of nitrogens with zero attached hydrogens (tertiary/aromatic N) is 2. The first-order chi connectivity index (χ1) is 8.90. The number of aryl methyl sites for hydroxylation is 2. The Morgan fingerprint density at radius 1 is 1.42 bits per heavy atom. The Balaban J connectivity index is 2.28. The minimum atomic E-state index is -0.317. The molecule has 0 aliphatic carbocycles. The van der Waals surface area contributed by atoms with Crippen LogP contribution < -0.4 is 5.73 Å². The second-order valence-corrected chi connectivity index (χ2v) is 5.19. The van der Waals surface area contributed by atoms with E-state index in [1.54, 1.807) is 16.8 Å². The van der Waals surface area contributed by atoms with Crippen molar-refractivity contribution >= 4 is 11.6 Å². The fourth-order valence-electron chi connectivity index (χ4n) is 2.35. The molecule has 2 N–H and O–H groups in total. The number of halogens is 2. The van der Waals surface area contributed by atoms with Crippen molar-refractivity contribution in [3.8, 4) is 0 Å². The highest BCUT2D eigenvalue weighted by Gasteiger charge is 2.18. The van der Waals surface area contributed by atoms with Crippen LogP contribution in [0.5, 0.6) is 0 Å². The standard InChI is InChI=1S/C14H17ClFN3/c1-8-14(9(2)19(3)18-8)13(17)6-10-4-5-11(15)7-12(10)16/h4-5,7,13H,6,17H2,1-3H3. The maximum atomic E-state index is 13.8. The lowest BCUT2D eigenvalue weighted by Crippen LogP contribution is -2.16. The lowest BCUT2D eigenvalue weighted by atomic mass is 9.98. The summed E-state index contributed by atoms with van der Waals surface area (Å²) < 4.78 is 15.6. The molecule has 2 rings (SSSR count). The number of benzene rings is 1. The summed E-state index contributed by atoms with van der Waals surface area (Å²) in [5.41, 5.74) is 9.65. The Bertz CT molecular complexity index is 607. The first-order valence-corrected chi connectivity index (χ1v) is 6.47. The number of rotatable bonds is 3. The van der Waals surface area contributed by atoms with Crippen LogP contribution >= 0.6 is 11.6 Å². The van der Waals surface area contributed by atoms with Crippen LogP contribution in [0.15, 0.2) is 18.2 Å². The van der Waals surface area contributed by atoms with E-state index in [0.29, 0.717) is 17.0 Å². The van der Waals surface area contributed by atoms with E-state index in [1.165, 1.54) is 6.07 Å². The van der Waals surface area contributed by atoms with Gasteiger partial charge in [-0.1, -0.05) is 17.7 Å². The van der Waals surface area contributed by atoms with Gasteiger partial charge in [-0.2, -0.15) is 5.10 Å². The zero-order valence-corrected chi connectivity index (χ0v) is 12.0. The summed E-state index contributed by atoms with van der Waals surface area (Å²) in [4.78, 5) is 0. The monoisotopic (exact) mass is 281 g/mol. The summed E-state index contributed by atoms with van der Waals surface area (Å²) in [6.07, 6.45) is 0.427. The molecule has 0 aliphatic heterocycles. The fourth-order valence-corrected chi connectivity index (χ4v) is 2.51. The summed E-state index contributed by atoms with van der Waals surface area (Å²) in [7, 11) is 1.88. The summed E-state index contributed by atoms with van der Waals surface area (Å²) >= 11 is 5.74. The highest BCUT2D eigenvalue weighted by Crippen LogP contribution is 2.24. The van der Waals surface area contributed by atoms with Crippen LogP contribution in [0.4, 0.5) is 4.39 Å². The molecule has 0 saturated heterocycles. The van der Waals surface area contributed by atoms with Crippen LogP contribution in [0.25, 0.3) is 0 Å². The van der Waals surface area contributed by atoms with Gasteiger partial charge in [0.15, 0.2) is 0 Å². The Labute approximate surface area is 117 Å². The van der Waals surface area contributed by atoms with Gasteiger partial charge in [-0.25, -0.2) is 4.39 Å². The minimum absolute atomic E-state index is 0.274. The van der Waals surface area contributed by atoms with E-state index in [9.17, 15) is 4.39 Å². The van der Waals surface area contributed by atoms with E-state index in [2.05, 4.69) is 5.10 Å². The summed E-state index contributed by atoms with van der Waals surface area (Å²) in [6, 6.07) is 4.39. The van der Waals surface area contributed by atoms with Crippen molar-refractivity contribution < 1.29 is 4.39 Å². The summed E-state index contributed by atoms with van der Waals surface area (Å²) in [6.45, 7) is 3.88. The SMILES string of the molecule is Cc1nn(C)c(C)c1C(N)Cc1ccc(Cl)cc1F. The van der Waals surface area contributed by atoms with Crippen LogP contribution in [0.3, 0.4) is 0 Å². The first kappa shape index (κ1) is 14.0. The van der Waals surface area contributed by atoms with Gasteiger partial charge in [-0.15, -0.1) is 0 Å². The molecule has 0 radical (unpaired) electrons. The van der Waals surface area contributed by atoms with Crippen molar-refractivity contribution in [2.24, 2.45) is 12.8 Å². The Kier molecular flexibility index (Phi) is 3.92. The van der Waals surface area contributed by atoms with Crippen molar-refractivity contribution in [3.05, 3.63) is 51.6 Å². The van der Waals surface area contributed by atoms with Gasteiger partial charge >= 0.3 is 0 Å². The van der Waals surface area contributed by atoms with Crippen LogP contribution in [-0.2, 0) is 13.5 Å². The normalized spacial score (nSPS) is 12.7. The largest absolute Gasteiger partial charge is 0.324 e. The van der Waals surface area contributed by atoms with Crippen molar-refractivity contribution in [1.29, 1.82) is 0 Å². The first-order valence-electron chi connectivity index (χ1n) is 6.09. The van der Waals surface area contributed by atoms with E-state index >= 15 is 0 Å². The highest BCUT2D eigenvalue weighted by atomic mass is 35.5. The summed E-state index contributed by atoms with van der Waals surface area (Å²) in [5.74, 6) is -0.317. The van der Waals surface area contributed by atoms with Crippen LogP contribution in [0.1, 0.15) is 28.6 Å². The summed E-state index contributed by atoms with van der Waals surface area (Å²) in [5, 5.41) is 4.72. The smallest absolute Gasteiger partial charge is 0.127 e. The molecule has 0 spiro atoms. The molecule has 1 aromatic heterocycles. The second kappa shape index (κ2) is 5.31. The lowest BCUT2D eigenvalue weighted by molar-refractivity contribution is 0.592. The molecule has 0 fully saturated rings. The fraction of sp³-hybridized carbons (Fsp3) is 0.357. The van der Waals surface area contributed by atoms with Crippen LogP contribution in [0.2, 0.25) is 5.02 Å². The van der Waals surface area contributed by atoms with Crippen molar-refractivity contribution in [2.45, 2.75) is 26.3 Å². The van der Waals surface area contributed by atoms with E-state index < -0.39 is 0 Å². The van der Waals surface area contributed by atoms with E-state index in [-0.39, 0.29) is 11.9 Å². The molecular formula is C14H17ClFN3. The van der Waals surface area contributed by atoms with Gasteiger partial charge in [0.25, 0.3) is 0 Å². The van der Waals surface area contributed by atoms with Gasteiger partial charge in [0.2, 0.25) is 0 Å². The van der Waals surface area contributed by atoms with Gasteiger partial charge in [0.05, 0.1) is 5.69 Å². The second-order valence-electron chi connectivity index (χ2n) is 4.75. The molecule has 19 heavy (non-hydrogen) atoms. The van der Waals surface area contributed by atoms with E-state index in [0.717, 1.165) is 17.0 Å². The third kappa shape index (κ3) is 2.80. The third-order valence-corrected chi connectivity index (χ3v) is 3.63. The number of hydrogen-bond acceptors (Lipinski definition) is 2. The number of nitrogens with two attached hydrogens (primary N) is 1. The zero-order chi connectivity index (χ0) is 14.2. The predicted molar refractivity (Wildman–Crippen MR) is 74.7 cm³/mol. The third-order valence-electron chi connectivity index (χ3n) is 3.39. The molecule has 0 saturated carbocycles. The molecule has 2 aromatic rings. The quantitative estimate of drug-likeness (QED) is 0.940. The topological polar surface area (TPSA) is 43.8 Å². The maximum absolute atomic E-state index is 13.8. The van der Waals surface area contributed by atoms with Crippen molar-refractivity contribution in [2.75, 3.05) is 0 Å². The molecule has 0 bridgehead atoms. The average molecular weight is 282 g/mol. The van der Waals surface area contributed by atoms with Crippen LogP contribution in [0, 0.1) is 19.7 Å². The minimum Gasteiger partial charge on any atom is -0.324 e. The van der Waals surface area contributed by atoms with Crippen molar-refractivity contribution in [1.82, 2.24) is 9.78 Å². The highest BCUT2D eigenvalue weighted by molar-refractivity contribution is 6.30. The Morgan fingerprint density at radius 3 is 2.63 bits per heavy atom. The molecule has 1 heterocycles. The average Bonchev–Trinajstić information content (AvgIpc) is 2.57. The molecule has 102 valence electrons. The lowest BCUT2D eigenvalue weighted by Gasteiger charge is -2.13. The molecule has 0 amide bonds. The predicted octanol–water partition coefficient (Wildman–Crippen LogP) is 3.07. The van der Waals surface area contributed by atoms with Crippen LogP contribution in [-0.4, -0.2) is 9.78 Å². The van der Waals surface area contributed by atoms with Crippen molar-refractivity contribution in [3.63, 3.8) is 0 Å². The van der Waals surface area contributed by atoms with E-state index in [1.807, 2.05) is 20.9 Å². The Hall–Kier alpha value is -1.39.